The van der Waals surface area contributed by atoms with Gasteiger partial charge in [-0.25, -0.2) is 0 Å². The van der Waals surface area contributed by atoms with Crippen molar-refractivity contribution < 1.29 is 17.9 Å². The molecule has 1 unspecified atom stereocenters. The lowest BCUT2D eigenvalue weighted by Gasteiger charge is -2.05. The lowest BCUT2D eigenvalue weighted by atomic mass is 10.2. The van der Waals surface area contributed by atoms with E-state index in [1.165, 1.54) is 24.3 Å². The highest BCUT2D eigenvalue weighted by Gasteiger charge is 2.36. The molecule has 0 heterocycles. The number of halogens is 1. The molecule has 0 aliphatic heterocycles. The van der Waals surface area contributed by atoms with Crippen molar-refractivity contribution >= 4 is 22.5 Å². The van der Waals surface area contributed by atoms with E-state index in [9.17, 15) is 18.5 Å². The van der Waals surface area contributed by atoms with Crippen LogP contribution >= 0.6 is 12.4 Å². The van der Waals surface area contributed by atoms with Crippen LogP contribution in [0.2, 0.25) is 0 Å². The summed E-state index contributed by atoms with van der Waals surface area (Å²) in [6, 6.07) is 7.03. The zero-order valence-corrected chi connectivity index (χ0v) is 8.94. The first-order valence-electron chi connectivity index (χ1n) is 3.57. The minimum absolute atomic E-state index is 0. The molecule has 0 spiro atoms. The zero-order valence-electron chi connectivity index (χ0n) is 7.31. The third kappa shape index (κ3) is 3.46. The van der Waals surface area contributed by atoms with E-state index in [-0.39, 0.29) is 18.0 Å². The molecule has 0 aliphatic rings. The molecule has 1 atom stereocenters. The second kappa shape index (κ2) is 5.06. The molecule has 0 aliphatic carbocycles. The summed E-state index contributed by atoms with van der Waals surface area (Å²) in [5, 5.41) is 8.31. The molecule has 1 aromatic rings. The monoisotopic (exact) mass is 253 g/mol. The van der Waals surface area contributed by atoms with Crippen LogP contribution < -0.4 is 0 Å². The van der Waals surface area contributed by atoms with Gasteiger partial charge in [0.25, 0.3) is 0 Å². The van der Waals surface area contributed by atoms with Gasteiger partial charge in [0, 0.05) is 10.5 Å². The molecule has 0 saturated heterocycles. The van der Waals surface area contributed by atoms with Gasteiger partial charge in [0.15, 0.2) is 0 Å². The highest BCUT2D eigenvalue weighted by molar-refractivity contribution is 7.85. The number of hydrogen-bond acceptors (Lipinski definition) is 4. The van der Waals surface area contributed by atoms with E-state index in [2.05, 4.69) is 0 Å². The predicted octanol–water partition coefficient (Wildman–Crippen LogP) is 1.27. The summed E-state index contributed by atoms with van der Waals surface area (Å²) in [6.07, 6.45) is 0. The largest absolute Gasteiger partial charge is 0.359 e. The third-order valence-electron chi connectivity index (χ3n) is 1.56. The fourth-order valence-corrected chi connectivity index (χ4v) is 1.74. The van der Waals surface area contributed by atoms with Gasteiger partial charge >= 0.3 is 15.5 Å². The van der Waals surface area contributed by atoms with Crippen LogP contribution in [0.15, 0.2) is 30.3 Å². The summed E-state index contributed by atoms with van der Waals surface area (Å²) in [5.41, 5.74) is -0.0694. The van der Waals surface area contributed by atoms with Crippen LogP contribution in [0.3, 0.4) is 0 Å². The van der Waals surface area contributed by atoms with Crippen molar-refractivity contribution in [2.24, 2.45) is 0 Å². The first-order valence-corrected chi connectivity index (χ1v) is 5.08. The summed E-state index contributed by atoms with van der Waals surface area (Å²) >= 11 is 0. The molecule has 15 heavy (non-hydrogen) atoms. The van der Waals surface area contributed by atoms with Crippen LogP contribution in [-0.2, 0) is 10.1 Å². The van der Waals surface area contributed by atoms with Gasteiger partial charge in [-0.3, -0.25) is 14.7 Å². The highest BCUT2D eigenvalue weighted by Crippen LogP contribution is 2.21. The molecule has 0 aromatic heterocycles. The van der Waals surface area contributed by atoms with Crippen LogP contribution in [0.1, 0.15) is 10.9 Å². The highest BCUT2D eigenvalue weighted by atomic mass is 35.5. The quantitative estimate of drug-likeness (QED) is 0.497. The first-order chi connectivity index (χ1) is 6.43. The molecule has 0 radical (unpaired) electrons. The summed E-state index contributed by atoms with van der Waals surface area (Å²) in [7, 11) is -4.72. The Morgan fingerprint density at radius 3 is 2.07 bits per heavy atom. The van der Waals surface area contributed by atoms with E-state index >= 15 is 0 Å². The fourth-order valence-electron chi connectivity index (χ4n) is 1.02. The Labute approximate surface area is 92.2 Å². The molecule has 0 saturated carbocycles. The van der Waals surface area contributed by atoms with Crippen molar-refractivity contribution in [3.63, 3.8) is 0 Å². The van der Waals surface area contributed by atoms with Crippen molar-refractivity contribution in [1.29, 1.82) is 0 Å². The normalized spacial score (nSPS) is 12.6. The number of nitrogens with zero attached hydrogens (tertiary/aromatic N) is 1. The van der Waals surface area contributed by atoms with Gasteiger partial charge in [0.1, 0.15) is 0 Å². The summed E-state index contributed by atoms with van der Waals surface area (Å²) in [6.45, 7) is 0. The Morgan fingerprint density at radius 1 is 1.27 bits per heavy atom. The van der Waals surface area contributed by atoms with Crippen molar-refractivity contribution in [2.45, 2.75) is 5.37 Å². The molecule has 0 bridgehead atoms. The van der Waals surface area contributed by atoms with Gasteiger partial charge in [-0.15, -0.1) is 12.4 Å². The summed E-state index contributed by atoms with van der Waals surface area (Å²) in [5.74, 6) is 0. The standard InChI is InChI=1S/C7H7NO5S.ClH/c9-8(10)7(14(11,12)13)6-4-2-1-3-5-6;/h1-5,7H,(H,11,12,13);1H. The third-order valence-corrected chi connectivity index (χ3v) is 2.57. The van der Waals surface area contributed by atoms with Crippen molar-refractivity contribution in [3.8, 4) is 0 Å². The van der Waals surface area contributed by atoms with Crippen molar-refractivity contribution in [1.82, 2.24) is 0 Å². The maximum Gasteiger partial charge on any atom is 0.359 e. The molecular weight excluding hydrogens is 246 g/mol. The average molecular weight is 254 g/mol. The minimum atomic E-state index is -4.72. The Bertz CT molecular complexity index is 432. The lowest BCUT2D eigenvalue weighted by molar-refractivity contribution is -0.503. The van der Waals surface area contributed by atoms with Gasteiger partial charge in [-0.05, 0) is 0 Å². The Morgan fingerprint density at radius 2 is 1.73 bits per heavy atom. The summed E-state index contributed by atoms with van der Waals surface area (Å²) in [4.78, 5) is 9.36. The number of hydrogen-bond donors (Lipinski definition) is 1. The number of rotatable bonds is 3. The lowest BCUT2D eigenvalue weighted by Crippen LogP contribution is -2.20. The van der Waals surface area contributed by atoms with E-state index in [1.54, 1.807) is 6.07 Å². The minimum Gasteiger partial charge on any atom is -0.280 e. The first kappa shape index (κ1) is 13.8. The molecule has 0 fully saturated rings. The van der Waals surface area contributed by atoms with Crippen molar-refractivity contribution in [3.05, 3.63) is 46.0 Å². The maximum absolute atomic E-state index is 10.7. The zero-order chi connectivity index (χ0) is 10.8. The van der Waals surface area contributed by atoms with Crippen LogP contribution in [0.5, 0.6) is 0 Å². The second-order valence-electron chi connectivity index (χ2n) is 2.56. The van der Waals surface area contributed by atoms with Gasteiger partial charge < -0.3 is 0 Å². The summed E-state index contributed by atoms with van der Waals surface area (Å²) < 4.78 is 30.0. The van der Waals surface area contributed by atoms with Crippen LogP contribution in [0, 0.1) is 10.1 Å². The van der Waals surface area contributed by atoms with E-state index in [4.69, 9.17) is 4.55 Å². The van der Waals surface area contributed by atoms with Crippen molar-refractivity contribution in [2.75, 3.05) is 0 Å². The molecule has 1 N–H and O–H groups in total. The van der Waals surface area contributed by atoms with Crippen LogP contribution in [0.4, 0.5) is 0 Å². The Hall–Kier alpha value is -1.18. The topological polar surface area (TPSA) is 97.5 Å². The smallest absolute Gasteiger partial charge is 0.280 e. The van der Waals surface area contributed by atoms with E-state index in [0.29, 0.717) is 0 Å². The van der Waals surface area contributed by atoms with Gasteiger partial charge in [-0.1, -0.05) is 30.3 Å². The molecule has 6 nitrogen and oxygen atoms in total. The Balaban J connectivity index is 0.00000196. The molecule has 0 amide bonds. The maximum atomic E-state index is 10.7. The molecule has 8 heteroatoms. The number of nitro groups is 1. The number of benzene rings is 1. The van der Waals surface area contributed by atoms with Crippen LogP contribution in [0.25, 0.3) is 0 Å². The Kier molecular flexibility index (Phi) is 4.66. The predicted molar refractivity (Wildman–Crippen MR) is 55.0 cm³/mol. The fraction of sp³-hybridized carbons (Fsp3) is 0.143. The van der Waals surface area contributed by atoms with Gasteiger partial charge in [0.2, 0.25) is 0 Å². The van der Waals surface area contributed by atoms with Crippen LogP contribution in [-0.4, -0.2) is 17.9 Å². The molecule has 1 aromatic carbocycles. The molecule has 1 rings (SSSR count). The van der Waals surface area contributed by atoms with E-state index in [0.717, 1.165) is 0 Å². The average Bonchev–Trinajstić information content (AvgIpc) is 2.02. The molecule has 84 valence electrons. The second-order valence-corrected chi connectivity index (χ2v) is 4.04. The molecular formula is C7H8ClNO5S. The van der Waals surface area contributed by atoms with E-state index in [1.807, 2.05) is 0 Å². The van der Waals surface area contributed by atoms with E-state index < -0.39 is 20.4 Å². The van der Waals surface area contributed by atoms with Gasteiger partial charge in [0.05, 0.1) is 0 Å². The SMILES string of the molecule is Cl.O=[N+]([O-])C(c1ccccc1)S(=O)(=O)O. The van der Waals surface area contributed by atoms with Gasteiger partial charge in [-0.2, -0.15) is 8.42 Å².